The molecule has 0 spiro atoms. The van der Waals surface area contributed by atoms with Crippen LogP contribution in [0.1, 0.15) is 63.1 Å². The number of aromatic nitrogens is 1. The van der Waals surface area contributed by atoms with Gasteiger partial charge < -0.3 is 4.74 Å². The van der Waals surface area contributed by atoms with E-state index in [4.69, 9.17) is 4.74 Å². The van der Waals surface area contributed by atoms with E-state index in [0.29, 0.717) is 12.5 Å². The highest BCUT2D eigenvalue weighted by atomic mass is 16.5. The lowest BCUT2D eigenvalue weighted by molar-refractivity contribution is -0.153. The first-order valence-corrected chi connectivity index (χ1v) is 8.28. The minimum atomic E-state index is -0.559. The molecule has 0 aliphatic heterocycles. The fourth-order valence-electron chi connectivity index (χ4n) is 4.19. The van der Waals surface area contributed by atoms with E-state index >= 15 is 0 Å². The van der Waals surface area contributed by atoms with E-state index in [1.807, 2.05) is 13.0 Å². The van der Waals surface area contributed by atoms with Crippen molar-refractivity contribution in [2.75, 3.05) is 6.61 Å². The lowest BCUT2D eigenvalue weighted by atomic mass is 9.73. The van der Waals surface area contributed by atoms with Gasteiger partial charge in [0.25, 0.3) is 0 Å². The number of aryl methyl sites for hydroxylation is 1. The Morgan fingerprint density at radius 1 is 1.48 bits per heavy atom. The highest BCUT2D eigenvalue weighted by molar-refractivity contribution is 5.94. The van der Waals surface area contributed by atoms with Crippen LogP contribution in [0.15, 0.2) is 18.3 Å². The molecule has 3 rings (SSSR count). The van der Waals surface area contributed by atoms with E-state index in [1.54, 1.807) is 6.20 Å². The van der Waals surface area contributed by atoms with Crippen molar-refractivity contribution in [2.24, 2.45) is 5.92 Å². The van der Waals surface area contributed by atoms with E-state index in [9.17, 15) is 4.79 Å². The molecule has 21 heavy (non-hydrogen) atoms. The van der Waals surface area contributed by atoms with Crippen molar-refractivity contribution in [1.82, 2.24) is 4.98 Å². The van der Waals surface area contributed by atoms with Gasteiger partial charge in [-0.05, 0) is 56.6 Å². The van der Waals surface area contributed by atoms with E-state index in [-0.39, 0.29) is 11.7 Å². The van der Waals surface area contributed by atoms with Crippen molar-refractivity contribution in [1.29, 1.82) is 0 Å². The Kier molecular flexibility index (Phi) is 4.12. The van der Waals surface area contributed by atoms with Crippen LogP contribution < -0.4 is 0 Å². The van der Waals surface area contributed by atoms with Crippen molar-refractivity contribution in [2.45, 2.75) is 63.9 Å². The van der Waals surface area contributed by atoms with E-state index in [0.717, 1.165) is 37.8 Å². The van der Waals surface area contributed by atoms with Crippen LogP contribution in [0.25, 0.3) is 0 Å². The lowest BCUT2D eigenvalue weighted by Gasteiger charge is -2.40. The van der Waals surface area contributed by atoms with Gasteiger partial charge in [-0.2, -0.15) is 0 Å². The van der Waals surface area contributed by atoms with Crippen molar-refractivity contribution < 1.29 is 9.53 Å². The lowest BCUT2D eigenvalue weighted by Crippen LogP contribution is -2.47. The van der Waals surface area contributed by atoms with Gasteiger partial charge in [0.15, 0.2) is 5.78 Å². The molecule has 0 amide bonds. The van der Waals surface area contributed by atoms with Crippen molar-refractivity contribution in [3.63, 3.8) is 0 Å². The van der Waals surface area contributed by atoms with Crippen LogP contribution in [0.2, 0.25) is 0 Å². The molecule has 3 nitrogen and oxygen atoms in total. The number of ketones is 1. The molecule has 1 aromatic heterocycles. The molecular weight excluding hydrogens is 262 g/mol. The molecule has 1 heterocycles. The van der Waals surface area contributed by atoms with E-state index < -0.39 is 5.60 Å². The third-order valence-corrected chi connectivity index (χ3v) is 5.10. The smallest absolute Gasteiger partial charge is 0.173 e. The summed E-state index contributed by atoms with van der Waals surface area (Å²) in [6.45, 7) is 4.84. The number of nitrogens with zero attached hydrogens (tertiary/aromatic N) is 1. The third-order valence-electron chi connectivity index (χ3n) is 5.10. The zero-order chi connectivity index (χ0) is 14.9. The standard InChI is InChI=1S/C18H25NO2/c1-3-21-18(10-4-6-13(2)12-18)17(20)15-9-8-14-7-5-11-19-16(14)15/h5,7,11,13,15H,3-4,6,8-10,12H2,1-2H3. The van der Waals surface area contributed by atoms with Crippen LogP contribution in [0.4, 0.5) is 0 Å². The SMILES string of the molecule is CCOC1(C(=O)C2CCc3cccnc32)CCCC(C)C1. The number of hydrogen-bond acceptors (Lipinski definition) is 3. The topological polar surface area (TPSA) is 39.2 Å². The highest BCUT2D eigenvalue weighted by Crippen LogP contribution is 2.42. The largest absolute Gasteiger partial charge is 0.367 e. The average molecular weight is 287 g/mol. The molecule has 1 fully saturated rings. The Balaban J connectivity index is 1.89. The van der Waals surface area contributed by atoms with Crippen LogP contribution in [-0.4, -0.2) is 23.0 Å². The van der Waals surface area contributed by atoms with Crippen LogP contribution >= 0.6 is 0 Å². The Labute approximate surface area is 127 Å². The maximum atomic E-state index is 13.3. The molecule has 3 unspecified atom stereocenters. The number of carbonyl (C=O) groups excluding carboxylic acids is 1. The first kappa shape index (κ1) is 14.7. The van der Waals surface area contributed by atoms with Gasteiger partial charge in [-0.25, -0.2) is 0 Å². The highest BCUT2D eigenvalue weighted by Gasteiger charge is 2.47. The molecule has 0 aromatic carbocycles. The van der Waals surface area contributed by atoms with Crippen LogP contribution in [-0.2, 0) is 16.0 Å². The molecule has 1 saturated carbocycles. The maximum absolute atomic E-state index is 13.3. The average Bonchev–Trinajstić information content (AvgIpc) is 2.90. The first-order chi connectivity index (χ1) is 10.2. The second kappa shape index (κ2) is 5.88. The second-order valence-electron chi connectivity index (χ2n) is 6.63. The van der Waals surface area contributed by atoms with Crippen molar-refractivity contribution >= 4 is 5.78 Å². The summed E-state index contributed by atoms with van der Waals surface area (Å²) >= 11 is 0. The van der Waals surface area contributed by atoms with Gasteiger partial charge in [0.05, 0.1) is 11.6 Å². The fraction of sp³-hybridized carbons (Fsp3) is 0.667. The molecule has 3 heteroatoms. The summed E-state index contributed by atoms with van der Waals surface area (Å²) in [6.07, 6.45) is 7.73. The molecule has 2 aliphatic carbocycles. The Morgan fingerprint density at radius 2 is 2.33 bits per heavy atom. The summed E-state index contributed by atoms with van der Waals surface area (Å²) in [5.74, 6) is 0.797. The van der Waals surface area contributed by atoms with Crippen LogP contribution in [0.5, 0.6) is 0 Å². The molecule has 0 N–H and O–H groups in total. The molecule has 1 aromatic rings. The number of fused-ring (bicyclic) bond motifs is 1. The summed E-state index contributed by atoms with van der Waals surface area (Å²) in [4.78, 5) is 17.7. The van der Waals surface area contributed by atoms with Gasteiger partial charge in [-0.1, -0.05) is 19.4 Å². The number of pyridine rings is 1. The Bertz CT molecular complexity index is 524. The van der Waals surface area contributed by atoms with Gasteiger partial charge in [0.2, 0.25) is 0 Å². The molecule has 0 bridgehead atoms. The maximum Gasteiger partial charge on any atom is 0.173 e. The second-order valence-corrected chi connectivity index (χ2v) is 6.63. The summed E-state index contributed by atoms with van der Waals surface area (Å²) < 4.78 is 6.05. The van der Waals surface area contributed by atoms with Crippen LogP contribution in [0, 0.1) is 5.92 Å². The van der Waals surface area contributed by atoms with Gasteiger partial charge >= 0.3 is 0 Å². The number of rotatable bonds is 4. The molecule has 0 saturated heterocycles. The summed E-state index contributed by atoms with van der Waals surface area (Å²) in [5, 5.41) is 0. The predicted molar refractivity (Wildman–Crippen MR) is 82.3 cm³/mol. The number of Topliss-reactive ketones (excluding diaryl/α,β-unsaturated/α-hetero) is 1. The van der Waals surface area contributed by atoms with E-state index in [2.05, 4.69) is 18.0 Å². The van der Waals surface area contributed by atoms with Gasteiger partial charge in [0, 0.05) is 12.8 Å². The zero-order valence-corrected chi connectivity index (χ0v) is 13.1. The van der Waals surface area contributed by atoms with E-state index in [1.165, 1.54) is 12.0 Å². The zero-order valence-electron chi connectivity index (χ0n) is 13.1. The quantitative estimate of drug-likeness (QED) is 0.848. The number of ether oxygens (including phenoxy) is 1. The number of hydrogen-bond donors (Lipinski definition) is 0. The first-order valence-electron chi connectivity index (χ1n) is 8.28. The Morgan fingerprint density at radius 3 is 3.10 bits per heavy atom. The molecule has 114 valence electrons. The summed E-state index contributed by atoms with van der Waals surface area (Å²) in [6, 6.07) is 4.07. The predicted octanol–water partition coefficient (Wildman–Crippen LogP) is 3.67. The molecule has 2 aliphatic rings. The molecule has 0 radical (unpaired) electrons. The van der Waals surface area contributed by atoms with Gasteiger partial charge in [-0.15, -0.1) is 0 Å². The van der Waals surface area contributed by atoms with Crippen molar-refractivity contribution in [3.05, 3.63) is 29.6 Å². The van der Waals surface area contributed by atoms with Crippen molar-refractivity contribution in [3.8, 4) is 0 Å². The normalized spacial score (nSPS) is 31.9. The summed E-state index contributed by atoms with van der Waals surface area (Å²) in [7, 11) is 0. The fourth-order valence-corrected chi connectivity index (χ4v) is 4.19. The molecule has 3 atom stereocenters. The van der Waals surface area contributed by atoms with Gasteiger partial charge in [-0.3, -0.25) is 9.78 Å². The number of carbonyl (C=O) groups is 1. The summed E-state index contributed by atoms with van der Waals surface area (Å²) in [5.41, 5.74) is 1.68. The van der Waals surface area contributed by atoms with Crippen LogP contribution in [0.3, 0.4) is 0 Å². The Hall–Kier alpha value is -1.22. The monoisotopic (exact) mass is 287 g/mol. The third kappa shape index (κ3) is 2.64. The minimum Gasteiger partial charge on any atom is -0.367 e. The molecular formula is C18H25NO2. The minimum absolute atomic E-state index is 0.0574. The van der Waals surface area contributed by atoms with Gasteiger partial charge in [0.1, 0.15) is 5.60 Å².